The van der Waals surface area contributed by atoms with Crippen LogP contribution in [0.3, 0.4) is 0 Å². The van der Waals surface area contributed by atoms with E-state index in [4.69, 9.17) is 5.73 Å². The molecule has 1 heteroatoms. The van der Waals surface area contributed by atoms with Gasteiger partial charge in [0.05, 0.1) is 0 Å². The second-order valence-corrected chi connectivity index (χ2v) is 4.88. The molecule has 0 aliphatic heterocycles. The zero-order chi connectivity index (χ0) is 12.5. The molecule has 1 atom stereocenters. The first kappa shape index (κ1) is 14.0. The summed E-state index contributed by atoms with van der Waals surface area (Å²) in [6.45, 7) is 5.86. The molecule has 0 radical (unpaired) electrons. The zero-order valence-electron chi connectivity index (χ0n) is 11.0. The summed E-state index contributed by atoms with van der Waals surface area (Å²) in [6, 6.07) is 8.95. The number of benzene rings is 1. The average Bonchev–Trinajstić information content (AvgIpc) is 2.29. The third-order valence-corrected chi connectivity index (χ3v) is 3.06. The maximum absolute atomic E-state index is 6.15. The van der Waals surface area contributed by atoms with Crippen LogP contribution in [0.25, 0.3) is 0 Å². The molecule has 1 nitrogen and oxygen atoms in total. The molecular weight excluding hydrogens is 206 g/mol. The van der Waals surface area contributed by atoms with E-state index >= 15 is 0 Å². The lowest BCUT2D eigenvalue weighted by atomic mass is 10.00. The van der Waals surface area contributed by atoms with Gasteiger partial charge in [-0.15, -0.1) is 6.58 Å². The fraction of sp³-hybridized carbons (Fsp3) is 0.500. The molecule has 1 aromatic carbocycles. The van der Waals surface area contributed by atoms with Crippen molar-refractivity contribution in [2.24, 2.45) is 5.73 Å². The number of allylic oxidation sites excluding steroid dienone is 1. The Balaban J connectivity index is 2.20. The van der Waals surface area contributed by atoms with E-state index < -0.39 is 0 Å². The van der Waals surface area contributed by atoms with Gasteiger partial charge in [0.2, 0.25) is 0 Å². The van der Waals surface area contributed by atoms with Gasteiger partial charge >= 0.3 is 0 Å². The van der Waals surface area contributed by atoms with Crippen molar-refractivity contribution in [3.8, 4) is 0 Å². The summed E-state index contributed by atoms with van der Waals surface area (Å²) in [5.74, 6) is 0. The average molecular weight is 231 g/mol. The predicted octanol–water partition coefficient (Wildman–Crippen LogP) is 4.00. The summed E-state index contributed by atoms with van der Waals surface area (Å²) in [6.07, 6.45) is 9.02. The Morgan fingerprint density at radius 2 is 2.12 bits per heavy atom. The highest BCUT2D eigenvalue weighted by atomic mass is 14.6. The van der Waals surface area contributed by atoms with E-state index in [-0.39, 0.29) is 0 Å². The molecular formula is C16H25N. The maximum Gasteiger partial charge on any atom is 0.00793 e. The lowest BCUT2D eigenvalue weighted by Crippen LogP contribution is -2.22. The topological polar surface area (TPSA) is 26.0 Å². The van der Waals surface area contributed by atoms with Gasteiger partial charge in [0.15, 0.2) is 0 Å². The molecule has 1 unspecified atom stereocenters. The Kier molecular flexibility index (Phi) is 6.64. The molecule has 17 heavy (non-hydrogen) atoms. The van der Waals surface area contributed by atoms with Gasteiger partial charge in [0.1, 0.15) is 0 Å². The van der Waals surface area contributed by atoms with E-state index in [0.29, 0.717) is 6.04 Å². The van der Waals surface area contributed by atoms with Crippen LogP contribution in [-0.4, -0.2) is 6.04 Å². The molecule has 0 fully saturated rings. The number of unbranched alkanes of at least 4 members (excludes halogenated alkanes) is 3. The van der Waals surface area contributed by atoms with Crippen LogP contribution in [0.1, 0.15) is 43.2 Å². The van der Waals surface area contributed by atoms with E-state index in [9.17, 15) is 0 Å². The fourth-order valence-electron chi connectivity index (χ4n) is 2.12. The van der Waals surface area contributed by atoms with Crippen LogP contribution in [0, 0.1) is 6.92 Å². The fourth-order valence-corrected chi connectivity index (χ4v) is 2.12. The van der Waals surface area contributed by atoms with E-state index in [0.717, 1.165) is 19.3 Å². The zero-order valence-corrected chi connectivity index (χ0v) is 11.0. The van der Waals surface area contributed by atoms with Crippen LogP contribution in [0.5, 0.6) is 0 Å². The molecule has 1 rings (SSSR count). The monoisotopic (exact) mass is 231 g/mol. The van der Waals surface area contributed by atoms with Crippen molar-refractivity contribution < 1.29 is 0 Å². The standard InChI is InChI=1S/C16H25N/c1-3-4-5-6-7-11-16(17)13-15-10-8-9-14(2)12-15/h3,8-10,12,16H,1,4-7,11,13,17H2,2H3. The van der Waals surface area contributed by atoms with Gasteiger partial charge < -0.3 is 5.73 Å². The van der Waals surface area contributed by atoms with Gasteiger partial charge in [-0.25, -0.2) is 0 Å². The van der Waals surface area contributed by atoms with Gasteiger partial charge in [-0.1, -0.05) is 48.7 Å². The van der Waals surface area contributed by atoms with Crippen molar-refractivity contribution in [2.75, 3.05) is 0 Å². The second-order valence-electron chi connectivity index (χ2n) is 4.88. The molecule has 1 aromatic rings. The molecule has 2 N–H and O–H groups in total. The first-order valence-electron chi connectivity index (χ1n) is 6.64. The lowest BCUT2D eigenvalue weighted by Gasteiger charge is -2.11. The van der Waals surface area contributed by atoms with Crippen LogP contribution in [0.4, 0.5) is 0 Å². The smallest absolute Gasteiger partial charge is 0.00793 e. The van der Waals surface area contributed by atoms with Gasteiger partial charge in [0.25, 0.3) is 0 Å². The van der Waals surface area contributed by atoms with Crippen molar-refractivity contribution in [1.29, 1.82) is 0 Å². The summed E-state index contributed by atoms with van der Waals surface area (Å²) in [4.78, 5) is 0. The molecule has 0 saturated heterocycles. The molecule has 0 heterocycles. The number of nitrogens with two attached hydrogens (primary N) is 1. The molecule has 0 saturated carbocycles. The Labute approximate surface area is 106 Å². The summed E-state index contributed by atoms with van der Waals surface area (Å²) in [5.41, 5.74) is 8.83. The molecule has 0 bridgehead atoms. The predicted molar refractivity (Wildman–Crippen MR) is 76.1 cm³/mol. The molecule has 0 amide bonds. The Bertz CT molecular complexity index is 330. The van der Waals surface area contributed by atoms with Crippen molar-refractivity contribution in [1.82, 2.24) is 0 Å². The number of hydrogen-bond acceptors (Lipinski definition) is 1. The molecule has 0 aliphatic carbocycles. The van der Waals surface area contributed by atoms with E-state index in [2.05, 4.69) is 37.8 Å². The summed E-state index contributed by atoms with van der Waals surface area (Å²) < 4.78 is 0. The maximum atomic E-state index is 6.15. The Hall–Kier alpha value is -1.08. The van der Waals surface area contributed by atoms with Crippen LogP contribution < -0.4 is 5.73 Å². The highest BCUT2D eigenvalue weighted by Gasteiger charge is 2.03. The summed E-state index contributed by atoms with van der Waals surface area (Å²) in [7, 11) is 0. The molecule has 0 spiro atoms. The minimum Gasteiger partial charge on any atom is -0.327 e. The minimum absolute atomic E-state index is 0.306. The first-order valence-corrected chi connectivity index (χ1v) is 6.64. The summed E-state index contributed by atoms with van der Waals surface area (Å²) >= 11 is 0. The SMILES string of the molecule is C=CCCCCCC(N)Cc1cccc(C)c1. The number of aryl methyl sites for hydroxylation is 1. The number of hydrogen-bond donors (Lipinski definition) is 1. The van der Waals surface area contributed by atoms with Gasteiger partial charge in [-0.05, 0) is 38.2 Å². The minimum atomic E-state index is 0.306. The van der Waals surface area contributed by atoms with Crippen molar-refractivity contribution in [3.05, 3.63) is 48.0 Å². The highest BCUT2D eigenvalue weighted by Crippen LogP contribution is 2.10. The molecule has 0 aliphatic rings. The van der Waals surface area contributed by atoms with Gasteiger partial charge in [0, 0.05) is 6.04 Å². The van der Waals surface area contributed by atoms with Crippen LogP contribution in [0.15, 0.2) is 36.9 Å². The number of rotatable bonds is 8. The van der Waals surface area contributed by atoms with Crippen LogP contribution in [-0.2, 0) is 6.42 Å². The van der Waals surface area contributed by atoms with E-state index in [1.165, 1.54) is 30.4 Å². The van der Waals surface area contributed by atoms with Crippen LogP contribution >= 0.6 is 0 Å². The van der Waals surface area contributed by atoms with E-state index in [1.807, 2.05) is 6.08 Å². The third kappa shape index (κ3) is 6.28. The third-order valence-electron chi connectivity index (χ3n) is 3.06. The lowest BCUT2D eigenvalue weighted by molar-refractivity contribution is 0.550. The highest BCUT2D eigenvalue weighted by molar-refractivity contribution is 5.22. The Morgan fingerprint density at radius 3 is 2.82 bits per heavy atom. The van der Waals surface area contributed by atoms with Crippen LogP contribution in [0.2, 0.25) is 0 Å². The molecule has 94 valence electrons. The quantitative estimate of drug-likeness (QED) is 0.531. The van der Waals surface area contributed by atoms with Gasteiger partial charge in [-0.3, -0.25) is 0 Å². The van der Waals surface area contributed by atoms with Crippen molar-refractivity contribution >= 4 is 0 Å². The van der Waals surface area contributed by atoms with Crippen molar-refractivity contribution in [3.63, 3.8) is 0 Å². The van der Waals surface area contributed by atoms with Crippen molar-refractivity contribution in [2.45, 2.75) is 51.5 Å². The summed E-state index contributed by atoms with van der Waals surface area (Å²) in [5, 5.41) is 0. The first-order chi connectivity index (χ1) is 8.22. The normalized spacial score (nSPS) is 12.4. The van der Waals surface area contributed by atoms with Gasteiger partial charge in [-0.2, -0.15) is 0 Å². The Morgan fingerprint density at radius 1 is 1.29 bits per heavy atom. The van der Waals surface area contributed by atoms with E-state index in [1.54, 1.807) is 0 Å². The molecule has 0 aromatic heterocycles. The second kappa shape index (κ2) is 8.08. The largest absolute Gasteiger partial charge is 0.327 e.